The van der Waals surface area contributed by atoms with E-state index < -0.39 is 0 Å². The maximum absolute atomic E-state index is 5.29. The second-order valence-electron chi connectivity index (χ2n) is 4.06. The number of fused-ring (bicyclic) bond motifs is 1. The molecule has 1 N–H and O–H groups in total. The van der Waals surface area contributed by atoms with Crippen molar-refractivity contribution in [2.75, 3.05) is 0 Å². The zero-order valence-electron chi connectivity index (χ0n) is 9.75. The van der Waals surface area contributed by atoms with E-state index in [4.69, 9.17) is 16.7 Å². The Balaban J connectivity index is 1.96. The van der Waals surface area contributed by atoms with Gasteiger partial charge in [0.05, 0.1) is 5.52 Å². The van der Waals surface area contributed by atoms with Crippen LogP contribution < -0.4 is 0 Å². The molecule has 0 fully saturated rings. The second-order valence-corrected chi connectivity index (χ2v) is 4.45. The van der Waals surface area contributed by atoms with Crippen molar-refractivity contribution in [3.05, 3.63) is 34.8 Å². The van der Waals surface area contributed by atoms with Crippen molar-refractivity contribution in [1.29, 1.82) is 0 Å². The molecule has 92 valence electrons. The summed E-state index contributed by atoms with van der Waals surface area (Å²) in [6.45, 7) is 2.68. The third kappa shape index (κ3) is 1.92. The van der Waals surface area contributed by atoms with Gasteiger partial charge in [-0.2, -0.15) is 4.98 Å². The molecule has 18 heavy (non-hydrogen) atoms. The molecule has 7 heteroatoms. The van der Waals surface area contributed by atoms with E-state index in [1.807, 2.05) is 23.8 Å². The van der Waals surface area contributed by atoms with Crippen LogP contribution in [0.15, 0.2) is 23.2 Å². The lowest BCUT2D eigenvalue weighted by atomic mass is 10.3. The van der Waals surface area contributed by atoms with Gasteiger partial charge >= 0.3 is 0 Å². The molecule has 0 aliphatic carbocycles. The summed E-state index contributed by atoms with van der Waals surface area (Å²) in [5.41, 5.74) is 2.91. The van der Waals surface area contributed by atoms with E-state index in [0.29, 0.717) is 23.6 Å². The van der Waals surface area contributed by atoms with Crippen molar-refractivity contribution in [1.82, 2.24) is 24.7 Å². The van der Waals surface area contributed by atoms with Gasteiger partial charge in [0, 0.05) is 19.2 Å². The molecule has 3 rings (SSSR count). The summed E-state index contributed by atoms with van der Waals surface area (Å²) in [4.78, 5) is 11.5. The largest absolute Gasteiger partial charge is 0.343 e. The molecule has 3 aromatic rings. The lowest BCUT2D eigenvalue weighted by Crippen LogP contribution is -2.03. The first-order chi connectivity index (χ1) is 8.74. The lowest BCUT2D eigenvalue weighted by molar-refractivity contribution is 0.408. The number of nitrogens with one attached hydrogen (secondary N) is 1. The number of hydrogen-bond donors (Lipinski definition) is 1. The molecule has 0 amide bonds. The van der Waals surface area contributed by atoms with Crippen LogP contribution in [-0.2, 0) is 13.0 Å². The maximum atomic E-state index is 5.29. The van der Waals surface area contributed by atoms with Crippen LogP contribution in [0.3, 0.4) is 0 Å². The quantitative estimate of drug-likeness (QED) is 0.730. The van der Waals surface area contributed by atoms with E-state index in [1.165, 1.54) is 6.39 Å². The van der Waals surface area contributed by atoms with Crippen LogP contribution >= 0.6 is 12.2 Å². The smallest absolute Gasteiger partial charge is 0.213 e. The van der Waals surface area contributed by atoms with Crippen molar-refractivity contribution in [3.8, 4) is 0 Å². The Labute approximate surface area is 108 Å². The Hall–Kier alpha value is -2.02. The highest BCUT2D eigenvalue weighted by atomic mass is 32.1. The highest BCUT2D eigenvalue weighted by Gasteiger charge is 2.07. The van der Waals surface area contributed by atoms with Crippen LogP contribution in [0.2, 0.25) is 0 Å². The van der Waals surface area contributed by atoms with Gasteiger partial charge in [0.2, 0.25) is 6.39 Å². The Morgan fingerprint density at radius 1 is 1.44 bits per heavy atom. The molecular weight excluding hydrogens is 250 g/mol. The number of aromatic nitrogens is 5. The Kier molecular flexibility index (Phi) is 2.67. The minimum Gasteiger partial charge on any atom is -0.343 e. The number of rotatable bonds is 3. The monoisotopic (exact) mass is 261 g/mol. The second kappa shape index (κ2) is 4.34. The molecule has 3 heterocycles. The van der Waals surface area contributed by atoms with Crippen LogP contribution in [0.1, 0.15) is 11.4 Å². The minimum atomic E-state index is 0.659. The van der Waals surface area contributed by atoms with E-state index in [-0.39, 0.29) is 0 Å². The fraction of sp³-hybridized carbons (Fsp3) is 0.273. The molecule has 0 spiro atoms. The van der Waals surface area contributed by atoms with Crippen molar-refractivity contribution >= 4 is 23.4 Å². The van der Waals surface area contributed by atoms with Crippen molar-refractivity contribution < 1.29 is 4.52 Å². The van der Waals surface area contributed by atoms with Gasteiger partial charge in [-0.15, -0.1) is 0 Å². The van der Waals surface area contributed by atoms with Crippen LogP contribution in [0, 0.1) is 11.7 Å². The van der Waals surface area contributed by atoms with Crippen LogP contribution in [0.4, 0.5) is 0 Å². The summed E-state index contributed by atoms with van der Waals surface area (Å²) in [6.07, 6.45) is 3.81. The van der Waals surface area contributed by atoms with Crippen LogP contribution in [-0.4, -0.2) is 24.7 Å². The first-order valence-corrected chi connectivity index (χ1v) is 5.95. The summed E-state index contributed by atoms with van der Waals surface area (Å²) >= 11 is 5.29. The number of pyridine rings is 1. The number of hydrogen-bond acceptors (Lipinski definition) is 5. The standard InChI is InChI=1S/C11H11N5OS/c1-7-4-8-10(12-5-7)16(11(18)14-8)3-2-9-13-6-17-15-9/h4-6H,2-3H2,1H3,(H,14,18). The van der Waals surface area contributed by atoms with Crippen molar-refractivity contribution in [2.24, 2.45) is 0 Å². The summed E-state index contributed by atoms with van der Waals surface area (Å²) in [7, 11) is 0. The molecule has 6 nitrogen and oxygen atoms in total. The van der Waals surface area contributed by atoms with Gasteiger partial charge < -0.3 is 14.1 Å². The van der Waals surface area contributed by atoms with Gasteiger partial charge in [0.25, 0.3) is 0 Å². The normalized spacial score (nSPS) is 11.2. The van der Waals surface area contributed by atoms with Gasteiger partial charge in [-0.05, 0) is 30.8 Å². The van der Waals surface area contributed by atoms with E-state index in [1.54, 1.807) is 0 Å². The molecule has 0 radical (unpaired) electrons. The lowest BCUT2D eigenvalue weighted by Gasteiger charge is -2.01. The van der Waals surface area contributed by atoms with E-state index >= 15 is 0 Å². The van der Waals surface area contributed by atoms with E-state index in [9.17, 15) is 0 Å². The average Bonchev–Trinajstić information content (AvgIpc) is 2.93. The zero-order chi connectivity index (χ0) is 12.5. The molecule has 0 aliphatic heterocycles. The number of nitrogens with zero attached hydrogens (tertiary/aromatic N) is 4. The topological polar surface area (TPSA) is 72.5 Å². The number of H-pyrrole nitrogens is 1. The van der Waals surface area contributed by atoms with Crippen LogP contribution in [0.5, 0.6) is 0 Å². The molecule has 3 aromatic heterocycles. The Morgan fingerprint density at radius 2 is 2.33 bits per heavy atom. The molecule has 0 unspecified atom stereocenters. The van der Waals surface area contributed by atoms with E-state index in [2.05, 4.69) is 20.1 Å². The minimum absolute atomic E-state index is 0.659. The van der Waals surface area contributed by atoms with Gasteiger partial charge in [-0.1, -0.05) is 5.16 Å². The highest BCUT2D eigenvalue weighted by molar-refractivity contribution is 7.71. The maximum Gasteiger partial charge on any atom is 0.213 e. The molecule has 0 atom stereocenters. The van der Waals surface area contributed by atoms with Crippen LogP contribution in [0.25, 0.3) is 11.2 Å². The first kappa shape index (κ1) is 11.1. The number of aromatic amines is 1. The van der Waals surface area contributed by atoms with Gasteiger partial charge in [0.15, 0.2) is 16.2 Å². The first-order valence-electron chi connectivity index (χ1n) is 5.54. The number of aryl methyl sites for hydroxylation is 3. The van der Waals surface area contributed by atoms with Crippen molar-refractivity contribution in [3.63, 3.8) is 0 Å². The SMILES string of the molecule is Cc1cnc2c(c1)[nH]c(=S)n2CCc1ncon1. The fourth-order valence-corrected chi connectivity index (χ4v) is 2.16. The summed E-state index contributed by atoms with van der Waals surface area (Å²) in [5, 5.41) is 3.78. The summed E-state index contributed by atoms with van der Waals surface area (Å²) in [6, 6.07) is 2.03. The Bertz CT molecular complexity index is 728. The fourth-order valence-electron chi connectivity index (χ4n) is 1.87. The predicted octanol–water partition coefficient (Wildman–Crippen LogP) is 2.03. The average molecular weight is 261 g/mol. The summed E-state index contributed by atoms with van der Waals surface area (Å²) < 4.78 is 7.30. The van der Waals surface area contributed by atoms with Gasteiger partial charge in [-0.3, -0.25) is 0 Å². The van der Waals surface area contributed by atoms with Gasteiger partial charge in [-0.25, -0.2) is 4.98 Å². The summed E-state index contributed by atoms with van der Waals surface area (Å²) in [5.74, 6) is 0.665. The third-order valence-electron chi connectivity index (χ3n) is 2.71. The highest BCUT2D eigenvalue weighted by Crippen LogP contribution is 2.13. The molecular formula is C11H11N5OS. The van der Waals surface area contributed by atoms with E-state index in [0.717, 1.165) is 16.7 Å². The molecule has 0 saturated heterocycles. The molecule has 0 aliphatic rings. The molecule has 0 bridgehead atoms. The third-order valence-corrected chi connectivity index (χ3v) is 3.03. The zero-order valence-corrected chi connectivity index (χ0v) is 10.6. The van der Waals surface area contributed by atoms with Gasteiger partial charge in [0.1, 0.15) is 0 Å². The predicted molar refractivity (Wildman–Crippen MR) is 67.7 cm³/mol. The Morgan fingerprint density at radius 3 is 3.11 bits per heavy atom. The molecule has 0 aromatic carbocycles. The van der Waals surface area contributed by atoms with Crippen molar-refractivity contribution in [2.45, 2.75) is 19.9 Å². The number of imidazole rings is 1. The molecule has 0 saturated carbocycles.